The minimum absolute atomic E-state index is 0.00192. The number of hydrogen-bond acceptors (Lipinski definition) is 3. The highest BCUT2D eigenvalue weighted by atomic mass is 32.2. The number of carbonyl (C=O) groups excluding carboxylic acids is 1. The molecule has 0 aromatic heterocycles. The van der Waals surface area contributed by atoms with Crippen LogP contribution in [0, 0.1) is 0 Å². The van der Waals surface area contributed by atoms with Crippen molar-refractivity contribution < 1.29 is 13.2 Å². The monoisotopic (exact) mass is 386 g/mol. The van der Waals surface area contributed by atoms with Gasteiger partial charge >= 0.3 is 0 Å². The van der Waals surface area contributed by atoms with Gasteiger partial charge in [-0.3, -0.25) is 4.79 Å². The highest BCUT2D eigenvalue weighted by Crippen LogP contribution is 2.29. The van der Waals surface area contributed by atoms with Crippen molar-refractivity contribution in [3.63, 3.8) is 0 Å². The number of hydrogen-bond donors (Lipinski definition) is 2. The van der Waals surface area contributed by atoms with E-state index >= 15 is 0 Å². The van der Waals surface area contributed by atoms with Gasteiger partial charge in [0, 0.05) is 11.6 Å². The van der Waals surface area contributed by atoms with E-state index < -0.39 is 10.0 Å². The molecule has 0 heterocycles. The van der Waals surface area contributed by atoms with Crippen LogP contribution in [0.25, 0.3) is 0 Å². The van der Waals surface area contributed by atoms with E-state index in [1.54, 1.807) is 12.1 Å². The first-order valence-corrected chi connectivity index (χ1v) is 10.9. The van der Waals surface area contributed by atoms with Crippen LogP contribution in [-0.4, -0.2) is 20.4 Å². The van der Waals surface area contributed by atoms with Gasteiger partial charge in [0.1, 0.15) is 0 Å². The van der Waals surface area contributed by atoms with Crippen LogP contribution in [0.4, 0.5) is 0 Å². The molecule has 0 radical (unpaired) electrons. The molecule has 0 bridgehead atoms. The molecule has 27 heavy (non-hydrogen) atoms. The van der Waals surface area contributed by atoms with Crippen molar-refractivity contribution in [1.29, 1.82) is 0 Å². The van der Waals surface area contributed by atoms with E-state index in [9.17, 15) is 13.2 Å². The molecule has 5 nitrogen and oxygen atoms in total. The zero-order chi connectivity index (χ0) is 19.4. The summed E-state index contributed by atoms with van der Waals surface area (Å²) in [6.45, 7) is 3.74. The summed E-state index contributed by atoms with van der Waals surface area (Å²) in [5, 5.41) is 3.09. The summed E-state index contributed by atoms with van der Waals surface area (Å²) in [7, 11) is -3.56. The third kappa shape index (κ3) is 4.57. The Labute approximate surface area is 161 Å². The number of rotatable bonds is 6. The van der Waals surface area contributed by atoms with E-state index in [0.717, 1.165) is 19.3 Å². The Morgan fingerprint density at radius 1 is 1.15 bits per heavy atom. The first-order valence-electron chi connectivity index (χ1n) is 9.41. The van der Waals surface area contributed by atoms with Gasteiger partial charge in [-0.2, -0.15) is 0 Å². The van der Waals surface area contributed by atoms with Crippen molar-refractivity contribution in [3.05, 3.63) is 65.2 Å². The number of sulfonamides is 1. The Balaban J connectivity index is 1.72. The lowest BCUT2D eigenvalue weighted by Gasteiger charge is -2.26. The van der Waals surface area contributed by atoms with E-state index in [-0.39, 0.29) is 22.9 Å². The topological polar surface area (TPSA) is 75.3 Å². The van der Waals surface area contributed by atoms with Crippen LogP contribution >= 0.6 is 0 Å². The van der Waals surface area contributed by atoms with Crippen molar-refractivity contribution in [2.75, 3.05) is 0 Å². The van der Waals surface area contributed by atoms with Gasteiger partial charge < -0.3 is 5.32 Å². The summed E-state index contributed by atoms with van der Waals surface area (Å²) in [6, 6.07) is 14.1. The first-order chi connectivity index (χ1) is 12.9. The molecule has 0 aliphatic heterocycles. The van der Waals surface area contributed by atoms with E-state index in [0.29, 0.717) is 12.0 Å². The second kappa shape index (κ2) is 8.23. The molecule has 1 aliphatic rings. The molecule has 144 valence electrons. The van der Waals surface area contributed by atoms with Crippen LogP contribution in [0.1, 0.15) is 60.6 Å². The van der Waals surface area contributed by atoms with Crippen LogP contribution in [0.2, 0.25) is 0 Å². The summed E-state index contributed by atoms with van der Waals surface area (Å²) in [5.41, 5.74) is 2.92. The minimum Gasteiger partial charge on any atom is -0.345 e. The standard InChI is InChI=1S/C21H26N2O3S/c1-3-15(2)23-27(25,26)18-13-11-17(12-14-18)21(24)22-20-10-6-8-16-7-4-5-9-19(16)20/h4-5,7,9,11-15,20,23H,3,6,8,10H2,1-2H3,(H,22,24). The molecule has 1 aliphatic carbocycles. The number of amides is 1. The molecule has 1 amide bonds. The SMILES string of the molecule is CCC(C)NS(=O)(=O)c1ccc(C(=O)NC2CCCc3ccccc32)cc1. The lowest BCUT2D eigenvalue weighted by atomic mass is 9.87. The zero-order valence-corrected chi connectivity index (χ0v) is 16.6. The molecule has 2 atom stereocenters. The number of carbonyl (C=O) groups is 1. The fourth-order valence-corrected chi connectivity index (χ4v) is 4.67. The molecule has 2 aromatic carbocycles. The van der Waals surface area contributed by atoms with Crippen LogP contribution in [0.15, 0.2) is 53.4 Å². The Kier molecular flexibility index (Phi) is 5.97. The van der Waals surface area contributed by atoms with E-state index in [4.69, 9.17) is 0 Å². The molecule has 3 rings (SSSR count). The van der Waals surface area contributed by atoms with Gasteiger partial charge in [0.25, 0.3) is 5.91 Å². The smallest absolute Gasteiger partial charge is 0.251 e. The Morgan fingerprint density at radius 2 is 1.85 bits per heavy atom. The quantitative estimate of drug-likeness (QED) is 0.797. The fourth-order valence-electron chi connectivity index (χ4n) is 3.35. The second-order valence-electron chi connectivity index (χ2n) is 7.07. The predicted octanol–water partition coefficient (Wildman–Crippen LogP) is 3.57. The summed E-state index contributed by atoms with van der Waals surface area (Å²) in [6.07, 6.45) is 3.70. The van der Waals surface area contributed by atoms with Gasteiger partial charge in [-0.25, -0.2) is 13.1 Å². The maximum absolute atomic E-state index is 12.6. The number of aryl methyl sites for hydroxylation is 1. The molecule has 0 saturated heterocycles. The van der Waals surface area contributed by atoms with Crippen LogP contribution < -0.4 is 10.0 Å². The van der Waals surface area contributed by atoms with Crippen molar-refractivity contribution in [3.8, 4) is 0 Å². The second-order valence-corrected chi connectivity index (χ2v) is 8.79. The number of nitrogens with one attached hydrogen (secondary N) is 2. The molecule has 0 fully saturated rings. The van der Waals surface area contributed by atoms with Gasteiger partial charge in [-0.1, -0.05) is 31.2 Å². The zero-order valence-electron chi connectivity index (χ0n) is 15.7. The van der Waals surface area contributed by atoms with E-state index in [1.165, 1.54) is 23.3 Å². The van der Waals surface area contributed by atoms with Crippen LogP contribution in [0.5, 0.6) is 0 Å². The highest BCUT2D eigenvalue weighted by Gasteiger charge is 2.22. The summed E-state index contributed by atoms with van der Waals surface area (Å²) in [4.78, 5) is 12.8. The summed E-state index contributed by atoms with van der Waals surface area (Å²) in [5.74, 6) is -0.185. The van der Waals surface area contributed by atoms with Crippen molar-refractivity contribution in [1.82, 2.24) is 10.0 Å². The largest absolute Gasteiger partial charge is 0.345 e. The number of fused-ring (bicyclic) bond motifs is 1. The lowest BCUT2D eigenvalue weighted by molar-refractivity contribution is 0.0932. The van der Waals surface area contributed by atoms with Crippen molar-refractivity contribution in [2.24, 2.45) is 0 Å². The van der Waals surface area contributed by atoms with Gasteiger partial charge in [0.2, 0.25) is 10.0 Å². The maximum atomic E-state index is 12.6. The van der Waals surface area contributed by atoms with Crippen LogP contribution in [0.3, 0.4) is 0 Å². The normalized spacial score (nSPS) is 17.8. The predicted molar refractivity (Wildman–Crippen MR) is 106 cm³/mol. The number of benzene rings is 2. The summed E-state index contributed by atoms with van der Waals surface area (Å²) >= 11 is 0. The van der Waals surface area contributed by atoms with E-state index in [1.807, 2.05) is 26.0 Å². The molecule has 6 heteroatoms. The van der Waals surface area contributed by atoms with Gasteiger partial charge in [-0.05, 0) is 68.0 Å². The van der Waals surface area contributed by atoms with Gasteiger partial charge in [0.15, 0.2) is 0 Å². The first kappa shape index (κ1) is 19.6. The molecule has 2 unspecified atom stereocenters. The average Bonchev–Trinajstić information content (AvgIpc) is 2.68. The molecule has 2 N–H and O–H groups in total. The van der Waals surface area contributed by atoms with Crippen molar-refractivity contribution in [2.45, 2.75) is 56.5 Å². The molecular weight excluding hydrogens is 360 g/mol. The highest BCUT2D eigenvalue weighted by molar-refractivity contribution is 7.89. The average molecular weight is 387 g/mol. The minimum atomic E-state index is -3.56. The van der Waals surface area contributed by atoms with E-state index in [2.05, 4.69) is 22.2 Å². The van der Waals surface area contributed by atoms with Gasteiger partial charge in [0.05, 0.1) is 10.9 Å². The fraction of sp³-hybridized carbons (Fsp3) is 0.381. The van der Waals surface area contributed by atoms with Crippen molar-refractivity contribution >= 4 is 15.9 Å². The molecule has 0 saturated carbocycles. The lowest BCUT2D eigenvalue weighted by Crippen LogP contribution is -2.32. The third-order valence-electron chi connectivity index (χ3n) is 5.07. The third-order valence-corrected chi connectivity index (χ3v) is 6.68. The molecule has 0 spiro atoms. The van der Waals surface area contributed by atoms with Crippen LogP contribution in [-0.2, 0) is 16.4 Å². The molecular formula is C21H26N2O3S. The Morgan fingerprint density at radius 3 is 2.56 bits per heavy atom. The Hall–Kier alpha value is -2.18. The summed E-state index contributed by atoms with van der Waals surface area (Å²) < 4.78 is 27.3. The Bertz CT molecular complexity index is 907. The maximum Gasteiger partial charge on any atom is 0.251 e. The molecule has 2 aromatic rings. The van der Waals surface area contributed by atoms with Gasteiger partial charge in [-0.15, -0.1) is 0 Å².